The summed E-state index contributed by atoms with van der Waals surface area (Å²) in [6.45, 7) is 14.4. The van der Waals surface area contributed by atoms with E-state index in [1.165, 1.54) is 73.9 Å². The molecule has 0 spiro atoms. The van der Waals surface area contributed by atoms with Crippen LogP contribution in [0.25, 0.3) is 0 Å². The first kappa shape index (κ1) is 26.1. The van der Waals surface area contributed by atoms with Gasteiger partial charge in [0.15, 0.2) is 0 Å². The second-order valence-corrected chi connectivity index (χ2v) is 13.7. The summed E-state index contributed by atoms with van der Waals surface area (Å²) in [7, 11) is 0. The van der Waals surface area contributed by atoms with E-state index in [9.17, 15) is 0 Å². The Kier molecular flexibility index (Phi) is 8.19. The summed E-state index contributed by atoms with van der Waals surface area (Å²) in [5.74, 6) is 1.74. The molecule has 4 rings (SSSR count). The molecule has 0 unspecified atom stereocenters. The van der Waals surface area contributed by atoms with E-state index in [0.717, 1.165) is 18.3 Å². The number of anilines is 2. The molecule has 0 saturated heterocycles. The molecule has 2 N–H and O–H groups in total. The van der Waals surface area contributed by atoms with Crippen molar-refractivity contribution in [2.24, 2.45) is 22.7 Å². The molecular formula is C33H50N2. The molecule has 0 amide bonds. The Morgan fingerprint density at radius 3 is 1.11 bits per heavy atom. The van der Waals surface area contributed by atoms with E-state index in [4.69, 9.17) is 0 Å². The zero-order valence-electron chi connectivity index (χ0n) is 23.3. The van der Waals surface area contributed by atoms with Crippen LogP contribution < -0.4 is 10.6 Å². The van der Waals surface area contributed by atoms with E-state index in [2.05, 4.69) is 101 Å². The van der Waals surface area contributed by atoms with Crippen molar-refractivity contribution < 1.29 is 0 Å². The van der Waals surface area contributed by atoms with E-state index >= 15 is 0 Å². The first-order chi connectivity index (χ1) is 16.6. The zero-order valence-corrected chi connectivity index (χ0v) is 23.3. The van der Waals surface area contributed by atoms with Crippen molar-refractivity contribution in [2.75, 3.05) is 10.6 Å². The molecular weight excluding hydrogens is 424 g/mol. The zero-order chi connectivity index (χ0) is 25.1. The molecule has 2 saturated carbocycles. The highest BCUT2D eigenvalue weighted by Crippen LogP contribution is 2.39. The molecule has 35 heavy (non-hydrogen) atoms. The summed E-state index contributed by atoms with van der Waals surface area (Å²) in [4.78, 5) is 0. The molecule has 0 aliphatic heterocycles. The van der Waals surface area contributed by atoms with Crippen molar-refractivity contribution in [3.8, 4) is 0 Å². The molecule has 0 heterocycles. The lowest BCUT2D eigenvalue weighted by atomic mass is 9.71. The fourth-order valence-electron chi connectivity index (χ4n) is 6.35. The van der Waals surface area contributed by atoms with Crippen LogP contribution in [-0.2, 0) is 6.42 Å². The third-order valence-corrected chi connectivity index (χ3v) is 8.96. The fraction of sp³-hybridized carbons (Fsp3) is 0.636. The van der Waals surface area contributed by atoms with Crippen LogP contribution in [0.5, 0.6) is 0 Å². The van der Waals surface area contributed by atoms with Crippen molar-refractivity contribution >= 4 is 11.4 Å². The van der Waals surface area contributed by atoms with E-state index < -0.39 is 0 Å². The first-order valence-electron chi connectivity index (χ1n) is 14.3. The standard InChI is InChI=1S/C33H50N2/c1-32(2,3)26-11-19-30(20-12-26)34-28-15-7-24(8-16-28)23-25-9-17-29(18-10-25)35-31-21-13-27(14-22-31)33(4,5)6/h7-10,15-18,26-27,30-31,34-35H,11-14,19-23H2,1-6H3. The molecule has 2 nitrogen and oxygen atoms in total. The van der Waals surface area contributed by atoms with Crippen LogP contribution in [-0.4, -0.2) is 12.1 Å². The number of rotatable bonds is 6. The SMILES string of the molecule is CC(C)(C)C1CCC(Nc2ccc(Cc3ccc(NC4CCC(C(C)(C)C)CC4)cc3)cc2)CC1. The van der Waals surface area contributed by atoms with Gasteiger partial charge in [-0.25, -0.2) is 0 Å². The van der Waals surface area contributed by atoms with Gasteiger partial charge in [0.25, 0.3) is 0 Å². The predicted molar refractivity (Wildman–Crippen MR) is 153 cm³/mol. The van der Waals surface area contributed by atoms with Gasteiger partial charge < -0.3 is 10.6 Å². The maximum atomic E-state index is 3.79. The predicted octanol–water partition coefficient (Wildman–Crippen LogP) is 9.31. The van der Waals surface area contributed by atoms with Crippen LogP contribution in [0.4, 0.5) is 11.4 Å². The van der Waals surface area contributed by atoms with E-state index in [0.29, 0.717) is 22.9 Å². The van der Waals surface area contributed by atoms with Crippen molar-refractivity contribution in [2.45, 2.75) is 111 Å². The molecule has 192 valence electrons. The monoisotopic (exact) mass is 474 g/mol. The highest BCUT2D eigenvalue weighted by molar-refractivity contribution is 5.48. The second-order valence-electron chi connectivity index (χ2n) is 13.7. The summed E-state index contributed by atoms with van der Waals surface area (Å²) in [5.41, 5.74) is 6.21. The minimum Gasteiger partial charge on any atom is -0.382 e. The Bertz CT molecular complexity index is 820. The summed E-state index contributed by atoms with van der Waals surface area (Å²) in [5, 5.41) is 7.59. The molecule has 2 aromatic carbocycles. The summed E-state index contributed by atoms with van der Waals surface area (Å²) in [6, 6.07) is 19.5. The van der Waals surface area contributed by atoms with Gasteiger partial charge in [-0.3, -0.25) is 0 Å². The molecule has 2 aliphatic carbocycles. The van der Waals surface area contributed by atoms with E-state index in [1.54, 1.807) is 0 Å². The Morgan fingerprint density at radius 1 is 0.514 bits per heavy atom. The minimum atomic E-state index is 0.451. The van der Waals surface area contributed by atoms with Gasteiger partial charge in [-0.1, -0.05) is 65.8 Å². The Labute approximate surface area is 215 Å². The number of nitrogens with one attached hydrogen (secondary N) is 2. The normalized spacial score (nSPS) is 25.8. The number of benzene rings is 2. The molecule has 2 heteroatoms. The smallest absolute Gasteiger partial charge is 0.0342 e. The van der Waals surface area contributed by atoms with E-state index in [1.807, 2.05) is 0 Å². The lowest BCUT2D eigenvalue weighted by Crippen LogP contribution is -2.31. The third-order valence-electron chi connectivity index (χ3n) is 8.96. The van der Waals surface area contributed by atoms with Crippen LogP contribution in [0.2, 0.25) is 0 Å². The van der Waals surface area contributed by atoms with Crippen LogP contribution in [0, 0.1) is 22.7 Å². The Hall–Kier alpha value is -1.96. The Balaban J connectivity index is 1.22. The topological polar surface area (TPSA) is 24.1 Å². The Morgan fingerprint density at radius 2 is 0.829 bits per heavy atom. The van der Waals surface area contributed by atoms with Gasteiger partial charge in [-0.05, 0) is 116 Å². The number of hydrogen-bond donors (Lipinski definition) is 2. The molecule has 2 aromatic rings. The molecule has 2 aliphatic rings. The van der Waals surface area contributed by atoms with Gasteiger partial charge in [0.2, 0.25) is 0 Å². The van der Waals surface area contributed by atoms with Crippen LogP contribution >= 0.6 is 0 Å². The summed E-state index contributed by atoms with van der Waals surface area (Å²) < 4.78 is 0. The molecule has 2 fully saturated rings. The van der Waals surface area contributed by atoms with Crippen molar-refractivity contribution in [1.82, 2.24) is 0 Å². The lowest BCUT2D eigenvalue weighted by Gasteiger charge is -2.37. The van der Waals surface area contributed by atoms with Gasteiger partial charge in [-0.2, -0.15) is 0 Å². The van der Waals surface area contributed by atoms with Gasteiger partial charge in [0.1, 0.15) is 0 Å². The maximum Gasteiger partial charge on any atom is 0.0342 e. The molecule has 0 aromatic heterocycles. The van der Waals surface area contributed by atoms with Gasteiger partial charge >= 0.3 is 0 Å². The quantitative estimate of drug-likeness (QED) is 0.436. The van der Waals surface area contributed by atoms with Crippen molar-refractivity contribution in [3.05, 3.63) is 59.7 Å². The highest BCUT2D eigenvalue weighted by atomic mass is 14.9. The van der Waals surface area contributed by atoms with E-state index in [-0.39, 0.29) is 0 Å². The molecule has 0 atom stereocenters. The maximum absolute atomic E-state index is 3.79. The van der Waals surface area contributed by atoms with Crippen LogP contribution in [0.15, 0.2) is 48.5 Å². The molecule has 0 radical (unpaired) electrons. The number of hydrogen-bond acceptors (Lipinski definition) is 2. The lowest BCUT2D eigenvalue weighted by molar-refractivity contribution is 0.173. The van der Waals surface area contributed by atoms with Gasteiger partial charge in [0.05, 0.1) is 0 Å². The van der Waals surface area contributed by atoms with Crippen LogP contribution in [0.1, 0.15) is 104 Å². The third kappa shape index (κ3) is 7.51. The summed E-state index contributed by atoms with van der Waals surface area (Å²) in [6.07, 6.45) is 11.6. The van der Waals surface area contributed by atoms with Gasteiger partial charge in [0, 0.05) is 23.5 Å². The largest absolute Gasteiger partial charge is 0.382 e. The highest BCUT2D eigenvalue weighted by Gasteiger charge is 2.30. The second kappa shape index (κ2) is 11.0. The minimum absolute atomic E-state index is 0.451. The average Bonchev–Trinajstić information content (AvgIpc) is 2.81. The van der Waals surface area contributed by atoms with Crippen LogP contribution in [0.3, 0.4) is 0 Å². The summed E-state index contributed by atoms with van der Waals surface area (Å²) >= 11 is 0. The average molecular weight is 475 g/mol. The molecule has 0 bridgehead atoms. The van der Waals surface area contributed by atoms with Gasteiger partial charge in [-0.15, -0.1) is 0 Å². The fourth-order valence-corrected chi connectivity index (χ4v) is 6.35. The van der Waals surface area contributed by atoms with Crippen molar-refractivity contribution in [1.29, 1.82) is 0 Å². The first-order valence-corrected chi connectivity index (χ1v) is 14.3. The van der Waals surface area contributed by atoms with Crippen molar-refractivity contribution in [3.63, 3.8) is 0 Å².